The molecule has 0 bridgehead atoms. The lowest BCUT2D eigenvalue weighted by Gasteiger charge is -2.22. The van der Waals surface area contributed by atoms with Gasteiger partial charge in [0.1, 0.15) is 0 Å². The zero-order valence-electron chi connectivity index (χ0n) is 28.7. The van der Waals surface area contributed by atoms with Crippen LogP contribution in [0.4, 0.5) is 0 Å². The molecule has 0 unspecified atom stereocenters. The summed E-state index contributed by atoms with van der Waals surface area (Å²) in [6.07, 6.45) is 1.98. The molecule has 5 heteroatoms. The number of hydrogen-bond acceptors (Lipinski definition) is 3. The van der Waals surface area contributed by atoms with E-state index in [0.29, 0.717) is 27.8 Å². The number of benzene rings is 6. The number of aromatic nitrogens is 2. The van der Waals surface area contributed by atoms with Crippen molar-refractivity contribution < 1.29 is 0 Å². The minimum atomic E-state index is 0.464. The van der Waals surface area contributed by atoms with Gasteiger partial charge < -0.3 is 9.13 Å². The molecule has 0 spiro atoms. The molecule has 8 aromatic rings. The lowest BCUT2D eigenvalue weighted by molar-refractivity contribution is 1.16. The highest BCUT2D eigenvalue weighted by Gasteiger charge is 2.24. The molecule has 52 heavy (non-hydrogen) atoms. The van der Waals surface area contributed by atoms with Crippen LogP contribution in [0.3, 0.4) is 0 Å². The summed E-state index contributed by atoms with van der Waals surface area (Å²) >= 11 is 0. The Labute approximate surface area is 301 Å². The quantitative estimate of drug-likeness (QED) is 0.131. The summed E-state index contributed by atoms with van der Waals surface area (Å²) in [5.41, 5.74) is 11.0. The van der Waals surface area contributed by atoms with Gasteiger partial charge >= 0.3 is 0 Å². The Kier molecular flexibility index (Phi) is 7.85. The fraction of sp³-hybridized carbons (Fsp3) is 0.0426. The van der Waals surface area contributed by atoms with Gasteiger partial charge in [-0.1, -0.05) is 91.0 Å². The van der Waals surface area contributed by atoms with Crippen molar-refractivity contribution in [2.24, 2.45) is 0 Å². The Morgan fingerprint density at radius 1 is 0.596 bits per heavy atom. The smallest absolute Gasteiger partial charge is 0.0998 e. The Hall–Kier alpha value is -7.39. The van der Waals surface area contributed by atoms with Crippen LogP contribution in [0, 0.1) is 34.0 Å². The zero-order valence-corrected chi connectivity index (χ0v) is 28.7. The molecule has 0 saturated carbocycles. The average molecular weight is 666 g/mol. The number of nitriles is 3. The van der Waals surface area contributed by atoms with E-state index in [-0.39, 0.29) is 0 Å². The van der Waals surface area contributed by atoms with E-state index in [9.17, 15) is 15.8 Å². The summed E-state index contributed by atoms with van der Waals surface area (Å²) in [5, 5.41) is 35.3. The van der Waals surface area contributed by atoms with Crippen LogP contribution in [0.15, 0.2) is 157 Å². The van der Waals surface area contributed by atoms with Gasteiger partial charge in [0.15, 0.2) is 0 Å². The van der Waals surface area contributed by atoms with Crippen LogP contribution < -0.4 is 0 Å². The van der Waals surface area contributed by atoms with Crippen LogP contribution >= 0.6 is 0 Å². The molecule has 2 heterocycles. The Morgan fingerprint density at radius 3 is 1.81 bits per heavy atom. The standard InChI is InChI=1S/C47H31N5/c1-30(2)24-40(47-34(29-50)13-11-21-45(47)52-43-20-9-6-17-38(43)39-25-32(28-49)22-23-44(39)52)46(31(3)27-48)33-12-10-14-35(26-33)51-41-18-7-4-15-36(41)37-16-5-8-19-42(37)51/h4-26H,1H2,2-3H3/b40-24+,46-31+. The molecule has 5 nitrogen and oxygen atoms in total. The lowest BCUT2D eigenvalue weighted by Crippen LogP contribution is -2.05. The van der Waals surface area contributed by atoms with Gasteiger partial charge in [0.05, 0.1) is 57.1 Å². The van der Waals surface area contributed by atoms with Crippen molar-refractivity contribution in [3.05, 3.63) is 180 Å². The second-order valence-electron chi connectivity index (χ2n) is 12.9. The number of rotatable bonds is 6. The first-order chi connectivity index (χ1) is 25.4. The summed E-state index contributed by atoms with van der Waals surface area (Å²) in [5.74, 6) is 0. The molecule has 6 aromatic carbocycles. The minimum absolute atomic E-state index is 0.464. The van der Waals surface area contributed by atoms with Crippen LogP contribution in [0.5, 0.6) is 0 Å². The largest absolute Gasteiger partial charge is 0.309 e. The normalized spacial score (nSPS) is 12.1. The van der Waals surface area contributed by atoms with Crippen LogP contribution in [0.2, 0.25) is 0 Å². The second-order valence-corrected chi connectivity index (χ2v) is 12.9. The summed E-state index contributed by atoms with van der Waals surface area (Å²) in [6.45, 7) is 8.02. The first kappa shape index (κ1) is 31.9. The number of nitrogens with zero attached hydrogens (tertiary/aromatic N) is 5. The molecule has 2 aromatic heterocycles. The third-order valence-corrected chi connectivity index (χ3v) is 9.65. The Balaban J connectivity index is 1.43. The van der Waals surface area contributed by atoms with Crippen LogP contribution in [-0.4, -0.2) is 9.13 Å². The molecular weight excluding hydrogens is 635 g/mol. The molecular formula is C47H31N5. The van der Waals surface area contributed by atoms with Crippen LogP contribution in [0.1, 0.15) is 36.1 Å². The molecule has 0 saturated heterocycles. The van der Waals surface area contributed by atoms with Crippen molar-refractivity contribution in [2.45, 2.75) is 13.8 Å². The molecule has 0 fully saturated rings. The SMILES string of the molecule is C=C(C)/C=C(\C(=C(/C)C#N)c1cccc(-n2c3ccccc3c3ccccc32)c1)c1c(C#N)cccc1-n1c2ccccc2c2cc(C#N)ccc21. The maximum atomic E-state index is 10.7. The second kappa shape index (κ2) is 12.8. The van der Waals surface area contributed by atoms with Gasteiger partial charge in [0.2, 0.25) is 0 Å². The fourth-order valence-electron chi connectivity index (χ4n) is 7.55. The van der Waals surface area contributed by atoms with Crippen molar-refractivity contribution >= 4 is 54.8 Å². The number of hydrogen-bond donors (Lipinski definition) is 0. The van der Waals surface area contributed by atoms with Crippen LogP contribution in [-0.2, 0) is 0 Å². The van der Waals surface area contributed by atoms with E-state index in [2.05, 4.69) is 107 Å². The maximum absolute atomic E-state index is 10.7. The fourth-order valence-corrected chi connectivity index (χ4v) is 7.55. The number of fused-ring (bicyclic) bond motifs is 6. The van der Waals surface area contributed by atoms with Crippen molar-refractivity contribution in [1.82, 2.24) is 9.13 Å². The maximum Gasteiger partial charge on any atom is 0.0998 e. The van der Waals surface area contributed by atoms with E-state index in [4.69, 9.17) is 0 Å². The Morgan fingerprint density at radius 2 is 1.19 bits per heavy atom. The predicted molar refractivity (Wildman–Crippen MR) is 212 cm³/mol. The third-order valence-electron chi connectivity index (χ3n) is 9.65. The molecule has 0 aliphatic heterocycles. The molecule has 244 valence electrons. The van der Waals surface area contributed by atoms with Gasteiger partial charge in [0.25, 0.3) is 0 Å². The van der Waals surface area contributed by atoms with E-state index in [1.807, 2.05) is 80.6 Å². The van der Waals surface area contributed by atoms with Crippen molar-refractivity contribution in [3.63, 3.8) is 0 Å². The van der Waals surface area contributed by atoms with Gasteiger partial charge in [-0.15, -0.1) is 0 Å². The summed E-state index contributed by atoms with van der Waals surface area (Å²) in [6, 6.07) is 51.8. The van der Waals surface area contributed by atoms with E-state index in [1.165, 1.54) is 0 Å². The molecule has 0 atom stereocenters. The summed E-state index contributed by atoms with van der Waals surface area (Å²) in [4.78, 5) is 0. The highest BCUT2D eigenvalue weighted by molar-refractivity contribution is 6.14. The molecule has 0 amide bonds. The molecule has 8 rings (SSSR count). The number of para-hydroxylation sites is 3. The summed E-state index contributed by atoms with van der Waals surface area (Å²) < 4.78 is 4.42. The van der Waals surface area contributed by atoms with E-state index < -0.39 is 0 Å². The topological polar surface area (TPSA) is 81.2 Å². The highest BCUT2D eigenvalue weighted by atomic mass is 15.0. The van der Waals surface area contributed by atoms with Crippen LogP contribution in [0.25, 0.3) is 66.1 Å². The van der Waals surface area contributed by atoms with Gasteiger partial charge in [-0.25, -0.2) is 0 Å². The van der Waals surface area contributed by atoms with Gasteiger partial charge in [-0.2, -0.15) is 15.8 Å². The van der Waals surface area contributed by atoms with Gasteiger partial charge in [-0.05, 0) is 85.6 Å². The molecule has 0 N–H and O–H groups in total. The van der Waals surface area contributed by atoms with Crippen molar-refractivity contribution in [3.8, 4) is 29.6 Å². The van der Waals surface area contributed by atoms with E-state index >= 15 is 0 Å². The van der Waals surface area contributed by atoms with E-state index in [1.54, 1.807) is 0 Å². The third kappa shape index (κ3) is 5.07. The summed E-state index contributed by atoms with van der Waals surface area (Å²) in [7, 11) is 0. The first-order valence-electron chi connectivity index (χ1n) is 17.0. The number of allylic oxidation sites excluding steroid dienone is 5. The van der Waals surface area contributed by atoms with Crippen molar-refractivity contribution in [2.75, 3.05) is 0 Å². The Bertz CT molecular complexity index is 2920. The average Bonchev–Trinajstić information content (AvgIpc) is 3.69. The van der Waals surface area contributed by atoms with Crippen molar-refractivity contribution in [1.29, 1.82) is 15.8 Å². The predicted octanol–water partition coefficient (Wildman–Crippen LogP) is 11.6. The first-order valence-corrected chi connectivity index (χ1v) is 17.0. The molecule has 0 aliphatic rings. The van der Waals surface area contributed by atoms with Gasteiger partial charge in [-0.3, -0.25) is 0 Å². The van der Waals surface area contributed by atoms with E-state index in [0.717, 1.165) is 71.7 Å². The monoisotopic (exact) mass is 665 g/mol. The zero-order chi connectivity index (χ0) is 35.9. The molecule has 0 aliphatic carbocycles. The molecule has 0 radical (unpaired) electrons. The highest BCUT2D eigenvalue weighted by Crippen LogP contribution is 2.43. The minimum Gasteiger partial charge on any atom is -0.309 e. The van der Waals surface area contributed by atoms with Gasteiger partial charge in [0, 0.05) is 43.9 Å². The lowest BCUT2D eigenvalue weighted by atomic mass is 9.85.